The molecular weight excluding hydrogens is 229 g/mol. The van der Waals surface area contributed by atoms with Gasteiger partial charge < -0.3 is 10.0 Å². The molecule has 2 nitrogen and oxygen atoms in total. The molecule has 18 heavy (non-hydrogen) atoms. The molecule has 0 aliphatic carbocycles. The lowest BCUT2D eigenvalue weighted by Crippen LogP contribution is -2.35. The molecule has 0 bridgehead atoms. The third-order valence-corrected chi connectivity index (χ3v) is 3.88. The Morgan fingerprint density at radius 1 is 1.50 bits per heavy atom. The van der Waals surface area contributed by atoms with Gasteiger partial charge in [-0.15, -0.1) is 0 Å². The number of benzene rings is 1. The van der Waals surface area contributed by atoms with Gasteiger partial charge in [-0.2, -0.15) is 0 Å². The van der Waals surface area contributed by atoms with Crippen LogP contribution >= 0.6 is 0 Å². The zero-order chi connectivity index (χ0) is 13.1. The van der Waals surface area contributed by atoms with Crippen LogP contribution in [-0.4, -0.2) is 18.2 Å². The van der Waals surface area contributed by atoms with Crippen molar-refractivity contribution in [3.8, 4) is 0 Å². The lowest BCUT2D eigenvalue weighted by molar-refractivity contribution is 0.199. The van der Waals surface area contributed by atoms with E-state index >= 15 is 0 Å². The number of hydrogen-bond donors (Lipinski definition) is 1. The van der Waals surface area contributed by atoms with E-state index in [1.54, 1.807) is 13.0 Å². The highest BCUT2D eigenvalue weighted by molar-refractivity contribution is 5.55. The molecule has 1 aliphatic heterocycles. The van der Waals surface area contributed by atoms with Gasteiger partial charge in [-0.05, 0) is 43.9 Å². The Labute approximate surface area is 108 Å². The molecular formula is C15H22FNO. The molecule has 1 unspecified atom stereocenters. The maximum absolute atomic E-state index is 13.3. The van der Waals surface area contributed by atoms with E-state index < -0.39 is 6.10 Å². The topological polar surface area (TPSA) is 23.5 Å². The summed E-state index contributed by atoms with van der Waals surface area (Å²) in [6.07, 6.45) is 3.01. The van der Waals surface area contributed by atoms with Crippen molar-refractivity contribution in [1.82, 2.24) is 0 Å². The molecule has 1 saturated heterocycles. The van der Waals surface area contributed by atoms with Crippen LogP contribution in [0.2, 0.25) is 0 Å². The lowest BCUT2D eigenvalue weighted by atomic mass is 9.94. The van der Waals surface area contributed by atoms with Gasteiger partial charge in [0.25, 0.3) is 0 Å². The Bertz CT molecular complexity index is 405. The van der Waals surface area contributed by atoms with Gasteiger partial charge in [-0.3, -0.25) is 0 Å². The molecule has 1 aliphatic rings. The Balaban J connectivity index is 2.26. The summed E-state index contributed by atoms with van der Waals surface area (Å²) in [5.74, 6) is 0.435. The van der Waals surface area contributed by atoms with Gasteiger partial charge in [0.15, 0.2) is 0 Å². The van der Waals surface area contributed by atoms with Gasteiger partial charge >= 0.3 is 0 Å². The summed E-state index contributed by atoms with van der Waals surface area (Å²) in [5, 5.41) is 9.79. The highest BCUT2D eigenvalue weighted by atomic mass is 19.1. The van der Waals surface area contributed by atoms with E-state index in [1.807, 2.05) is 0 Å². The van der Waals surface area contributed by atoms with Crippen LogP contribution in [0, 0.1) is 11.7 Å². The van der Waals surface area contributed by atoms with Gasteiger partial charge in [0.2, 0.25) is 0 Å². The number of rotatable bonds is 3. The molecule has 0 radical (unpaired) electrons. The third kappa shape index (κ3) is 2.83. The maximum atomic E-state index is 13.3. The zero-order valence-corrected chi connectivity index (χ0v) is 11.2. The number of halogens is 1. The average molecular weight is 251 g/mol. The van der Waals surface area contributed by atoms with Crippen molar-refractivity contribution in [2.75, 3.05) is 18.0 Å². The quantitative estimate of drug-likeness (QED) is 0.888. The molecule has 2 atom stereocenters. The molecule has 0 aromatic heterocycles. The third-order valence-electron chi connectivity index (χ3n) is 3.88. The standard InChI is InChI=1S/C15H22FNO/c1-3-12-5-4-8-17(10-12)15-7-6-13(16)9-14(15)11(2)18/h6-7,9,11-12,18H,3-5,8,10H2,1-2H3/t11-,12?/m1/s1. The van der Waals surface area contributed by atoms with E-state index in [-0.39, 0.29) is 5.82 Å². The van der Waals surface area contributed by atoms with Gasteiger partial charge in [0.05, 0.1) is 6.10 Å². The first kappa shape index (κ1) is 13.3. The van der Waals surface area contributed by atoms with Gasteiger partial charge in [0, 0.05) is 24.3 Å². The molecule has 1 aromatic rings. The van der Waals surface area contributed by atoms with E-state index in [9.17, 15) is 9.50 Å². The monoisotopic (exact) mass is 251 g/mol. The van der Waals surface area contributed by atoms with Crippen molar-refractivity contribution < 1.29 is 9.50 Å². The summed E-state index contributed by atoms with van der Waals surface area (Å²) < 4.78 is 13.3. The van der Waals surface area contributed by atoms with Crippen LogP contribution in [0.3, 0.4) is 0 Å². The van der Waals surface area contributed by atoms with Crippen LogP contribution in [0.25, 0.3) is 0 Å². The van der Waals surface area contributed by atoms with Gasteiger partial charge in [-0.1, -0.05) is 13.3 Å². The van der Waals surface area contributed by atoms with Crippen LogP contribution in [0.5, 0.6) is 0 Å². The molecule has 2 rings (SSSR count). The molecule has 3 heteroatoms. The zero-order valence-electron chi connectivity index (χ0n) is 11.2. The normalized spacial score (nSPS) is 22.0. The van der Waals surface area contributed by atoms with Crippen molar-refractivity contribution in [3.05, 3.63) is 29.6 Å². The van der Waals surface area contributed by atoms with E-state index in [0.717, 1.165) is 18.8 Å². The maximum Gasteiger partial charge on any atom is 0.123 e. The smallest absolute Gasteiger partial charge is 0.123 e. The second kappa shape index (κ2) is 5.70. The van der Waals surface area contributed by atoms with Crippen LogP contribution in [0.1, 0.15) is 44.8 Å². The van der Waals surface area contributed by atoms with Gasteiger partial charge in [0.1, 0.15) is 5.82 Å². The van der Waals surface area contributed by atoms with Crippen LogP contribution < -0.4 is 4.90 Å². The SMILES string of the molecule is CCC1CCCN(c2ccc(F)cc2[C@@H](C)O)C1. The minimum atomic E-state index is -0.627. The fourth-order valence-electron chi connectivity index (χ4n) is 2.77. The number of anilines is 1. The number of piperidine rings is 1. The summed E-state index contributed by atoms with van der Waals surface area (Å²) in [7, 11) is 0. The largest absolute Gasteiger partial charge is 0.389 e. The number of hydrogen-bond acceptors (Lipinski definition) is 2. The fourth-order valence-corrected chi connectivity index (χ4v) is 2.77. The summed E-state index contributed by atoms with van der Waals surface area (Å²) >= 11 is 0. The van der Waals surface area contributed by atoms with E-state index in [1.165, 1.54) is 31.4 Å². The Morgan fingerprint density at radius 3 is 2.94 bits per heavy atom. The summed E-state index contributed by atoms with van der Waals surface area (Å²) in [6.45, 7) is 5.93. The fraction of sp³-hybridized carbons (Fsp3) is 0.600. The summed E-state index contributed by atoms with van der Waals surface area (Å²) in [5.41, 5.74) is 1.69. The van der Waals surface area contributed by atoms with Crippen molar-refractivity contribution in [2.24, 2.45) is 5.92 Å². The highest BCUT2D eigenvalue weighted by Crippen LogP contribution is 2.31. The Morgan fingerprint density at radius 2 is 2.28 bits per heavy atom. The molecule has 1 aromatic carbocycles. The molecule has 100 valence electrons. The molecule has 0 amide bonds. The first-order chi connectivity index (χ1) is 8.61. The van der Waals surface area contributed by atoms with Crippen molar-refractivity contribution in [1.29, 1.82) is 0 Å². The average Bonchev–Trinajstić information content (AvgIpc) is 2.38. The number of aliphatic hydroxyl groups excluding tert-OH is 1. The highest BCUT2D eigenvalue weighted by Gasteiger charge is 2.22. The number of aliphatic hydroxyl groups is 1. The Kier molecular flexibility index (Phi) is 4.23. The molecule has 0 saturated carbocycles. The first-order valence-corrected chi connectivity index (χ1v) is 6.84. The minimum absolute atomic E-state index is 0.279. The van der Waals surface area contributed by atoms with Crippen LogP contribution in [0.4, 0.5) is 10.1 Å². The van der Waals surface area contributed by atoms with Crippen molar-refractivity contribution >= 4 is 5.69 Å². The Hall–Kier alpha value is -1.09. The van der Waals surface area contributed by atoms with Crippen molar-refractivity contribution in [2.45, 2.75) is 39.2 Å². The van der Waals surface area contributed by atoms with Crippen LogP contribution in [-0.2, 0) is 0 Å². The molecule has 0 spiro atoms. The lowest BCUT2D eigenvalue weighted by Gasteiger charge is -2.35. The van der Waals surface area contributed by atoms with Crippen molar-refractivity contribution in [3.63, 3.8) is 0 Å². The first-order valence-electron chi connectivity index (χ1n) is 6.84. The predicted octanol–water partition coefficient (Wildman–Crippen LogP) is 3.51. The molecule has 1 N–H and O–H groups in total. The second-order valence-corrected chi connectivity index (χ2v) is 5.24. The summed E-state index contributed by atoms with van der Waals surface area (Å²) in [6, 6.07) is 4.74. The summed E-state index contributed by atoms with van der Waals surface area (Å²) in [4.78, 5) is 2.29. The minimum Gasteiger partial charge on any atom is -0.389 e. The molecule has 1 fully saturated rings. The number of nitrogens with zero attached hydrogens (tertiary/aromatic N) is 1. The predicted molar refractivity (Wildman–Crippen MR) is 72.3 cm³/mol. The van der Waals surface area contributed by atoms with Crippen LogP contribution in [0.15, 0.2) is 18.2 Å². The van der Waals surface area contributed by atoms with E-state index in [0.29, 0.717) is 11.5 Å². The van der Waals surface area contributed by atoms with E-state index in [4.69, 9.17) is 0 Å². The molecule has 1 heterocycles. The second-order valence-electron chi connectivity index (χ2n) is 5.24. The van der Waals surface area contributed by atoms with E-state index in [2.05, 4.69) is 11.8 Å². The van der Waals surface area contributed by atoms with Gasteiger partial charge in [-0.25, -0.2) is 4.39 Å².